The third kappa shape index (κ3) is 4.45. The summed E-state index contributed by atoms with van der Waals surface area (Å²) < 4.78 is 17.1. The van der Waals surface area contributed by atoms with Gasteiger partial charge in [0.1, 0.15) is 5.82 Å². The van der Waals surface area contributed by atoms with Crippen molar-refractivity contribution in [3.05, 3.63) is 106 Å². The van der Waals surface area contributed by atoms with E-state index in [9.17, 15) is 14.0 Å². The average Bonchev–Trinajstić information content (AvgIpc) is 3.24. The third-order valence-electron chi connectivity index (χ3n) is 6.05. The van der Waals surface area contributed by atoms with E-state index in [0.29, 0.717) is 28.7 Å². The van der Waals surface area contributed by atoms with Gasteiger partial charge < -0.3 is 9.88 Å². The van der Waals surface area contributed by atoms with Gasteiger partial charge in [-0.15, -0.1) is 0 Å². The number of carbonyl (C=O) groups excluding carboxylic acids is 1. The molecule has 0 aliphatic carbocycles. The van der Waals surface area contributed by atoms with E-state index < -0.39 is 0 Å². The second kappa shape index (κ2) is 9.18. The first-order chi connectivity index (χ1) is 16.9. The number of aromatic nitrogens is 3. The van der Waals surface area contributed by atoms with Gasteiger partial charge in [0.25, 0.3) is 5.56 Å². The smallest absolute Gasteiger partial charge is 0.274 e. The molecule has 1 N–H and O–H groups in total. The molecule has 0 unspecified atom stereocenters. The van der Waals surface area contributed by atoms with Gasteiger partial charge in [0.2, 0.25) is 5.91 Å². The zero-order valence-electron chi connectivity index (χ0n) is 19.5. The van der Waals surface area contributed by atoms with E-state index in [-0.39, 0.29) is 29.7 Å². The molecule has 0 saturated carbocycles. The highest BCUT2D eigenvalue weighted by molar-refractivity contribution is 6.03. The third-order valence-corrected chi connectivity index (χ3v) is 6.05. The van der Waals surface area contributed by atoms with Crippen LogP contribution in [0.2, 0.25) is 0 Å². The minimum Gasteiger partial charge on any atom is -0.343 e. The zero-order valence-corrected chi connectivity index (χ0v) is 19.5. The van der Waals surface area contributed by atoms with Gasteiger partial charge in [0, 0.05) is 23.5 Å². The van der Waals surface area contributed by atoms with E-state index in [1.165, 1.54) is 16.8 Å². The minimum atomic E-state index is -0.267. The monoisotopic (exact) mass is 468 g/mol. The molecule has 7 heteroatoms. The lowest BCUT2D eigenvalue weighted by Gasteiger charge is -2.14. The molecule has 0 fully saturated rings. The molecule has 0 radical (unpaired) electrons. The fourth-order valence-corrected chi connectivity index (χ4v) is 4.40. The first kappa shape index (κ1) is 22.5. The Kier molecular flexibility index (Phi) is 5.91. The number of fused-ring (bicyclic) bond motifs is 2. The molecule has 0 bridgehead atoms. The van der Waals surface area contributed by atoms with Gasteiger partial charge in [0.15, 0.2) is 0 Å². The van der Waals surface area contributed by atoms with E-state index >= 15 is 0 Å². The van der Waals surface area contributed by atoms with Crippen LogP contribution in [0.15, 0.2) is 83.8 Å². The van der Waals surface area contributed by atoms with Gasteiger partial charge in [-0.05, 0) is 55.8 Å². The number of anilines is 1. The van der Waals surface area contributed by atoms with E-state index in [0.717, 1.165) is 16.5 Å². The second-order valence-corrected chi connectivity index (χ2v) is 8.87. The molecule has 0 aliphatic rings. The number of carbonyl (C=O) groups is 1. The molecule has 3 aromatic carbocycles. The normalized spacial score (nSPS) is 11.4. The van der Waals surface area contributed by atoms with E-state index in [4.69, 9.17) is 0 Å². The predicted octanol–water partition coefficient (Wildman–Crippen LogP) is 5.30. The lowest BCUT2D eigenvalue weighted by molar-refractivity contribution is -0.115. The SMILES string of the molecule is CC(C)n1nc(CC(=O)Nc2cccc3c2ccn3Cc2cccc(F)c2)c2ccccc2c1=O. The molecule has 176 valence electrons. The van der Waals surface area contributed by atoms with Crippen molar-refractivity contribution < 1.29 is 9.18 Å². The van der Waals surface area contributed by atoms with Crippen molar-refractivity contribution in [2.45, 2.75) is 32.9 Å². The first-order valence-corrected chi connectivity index (χ1v) is 11.5. The Labute approximate surface area is 201 Å². The number of rotatable bonds is 6. The van der Waals surface area contributed by atoms with Crippen molar-refractivity contribution in [3.63, 3.8) is 0 Å². The van der Waals surface area contributed by atoms with Crippen LogP contribution in [0, 0.1) is 5.82 Å². The fourth-order valence-electron chi connectivity index (χ4n) is 4.40. The Bertz CT molecular complexity index is 1620. The van der Waals surface area contributed by atoms with Gasteiger partial charge >= 0.3 is 0 Å². The van der Waals surface area contributed by atoms with Gasteiger partial charge in [-0.2, -0.15) is 5.10 Å². The summed E-state index contributed by atoms with van der Waals surface area (Å²) in [5, 5.41) is 9.65. The first-order valence-electron chi connectivity index (χ1n) is 11.5. The Morgan fingerprint density at radius 2 is 1.74 bits per heavy atom. The van der Waals surface area contributed by atoms with E-state index in [1.54, 1.807) is 12.1 Å². The van der Waals surface area contributed by atoms with Crippen LogP contribution in [0.25, 0.3) is 21.7 Å². The van der Waals surface area contributed by atoms with Crippen molar-refractivity contribution in [1.82, 2.24) is 14.3 Å². The molecular formula is C28H25FN4O2. The summed E-state index contributed by atoms with van der Waals surface area (Å²) >= 11 is 0. The van der Waals surface area contributed by atoms with Gasteiger partial charge in [0.05, 0.1) is 34.7 Å². The van der Waals surface area contributed by atoms with Crippen molar-refractivity contribution in [2.24, 2.45) is 0 Å². The highest BCUT2D eigenvalue weighted by atomic mass is 19.1. The molecule has 5 aromatic rings. The summed E-state index contributed by atoms with van der Waals surface area (Å²) in [5.74, 6) is -0.487. The van der Waals surface area contributed by atoms with Crippen LogP contribution in [0.3, 0.4) is 0 Å². The molecule has 5 rings (SSSR count). The van der Waals surface area contributed by atoms with E-state index in [1.807, 2.05) is 73.1 Å². The Morgan fingerprint density at radius 3 is 2.51 bits per heavy atom. The van der Waals surface area contributed by atoms with Crippen molar-refractivity contribution in [1.29, 1.82) is 0 Å². The Morgan fingerprint density at radius 1 is 0.971 bits per heavy atom. The minimum absolute atomic E-state index is 0.0356. The highest BCUT2D eigenvalue weighted by Gasteiger charge is 2.16. The van der Waals surface area contributed by atoms with Gasteiger partial charge in [-0.25, -0.2) is 9.07 Å². The maximum absolute atomic E-state index is 13.6. The van der Waals surface area contributed by atoms with Crippen LogP contribution in [0.1, 0.15) is 31.1 Å². The van der Waals surface area contributed by atoms with Crippen LogP contribution in [0.5, 0.6) is 0 Å². The van der Waals surface area contributed by atoms with Crippen molar-refractivity contribution in [2.75, 3.05) is 5.32 Å². The largest absolute Gasteiger partial charge is 0.343 e. The maximum atomic E-state index is 13.6. The molecule has 0 spiro atoms. The second-order valence-electron chi connectivity index (χ2n) is 8.87. The van der Waals surface area contributed by atoms with Gasteiger partial charge in [-0.3, -0.25) is 9.59 Å². The fraction of sp³-hybridized carbons (Fsp3) is 0.179. The molecular weight excluding hydrogens is 443 g/mol. The summed E-state index contributed by atoms with van der Waals surface area (Å²) in [5.41, 5.74) is 2.87. The van der Waals surface area contributed by atoms with Crippen LogP contribution >= 0.6 is 0 Å². The number of hydrogen-bond acceptors (Lipinski definition) is 3. The molecule has 6 nitrogen and oxygen atoms in total. The summed E-state index contributed by atoms with van der Waals surface area (Å²) in [7, 11) is 0. The number of halogens is 1. The number of amides is 1. The standard InChI is InChI=1S/C28H25FN4O2/c1-18(2)33-28(35)22-10-4-3-9-21(22)25(31-33)16-27(34)30-24-11-6-12-26-23(24)13-14-32(26)17-19-7-5-8-20(29)15-19/h3-15,18H,16-17H2,1-2H3,(H,30,34). The number of benzene rings is 3. The summed E-state index contributed by atoms with van der Waals surface area (Å²) in [6, 6.07) is 21.3. The molecule has 2 heterocycles. The zero-order chi connectivity index (χ0) is 24.5. The Balaban J connectivity index is 1.43. The predicted molar refractivity (Wildman–Crippen MR) is 136 cm³/mol. The highest BCUT2D eigenvalue weighted by Crippen LogP contribution is 2.26. The topological polar surface area (TPSA) is 68.9 Å². The molecule has 0 atom stereocenters. The molecule has 0 saturated heterocycles. The lowest BCUT2D eigenvalue weighted by atomic mass is 10.1. The van der Waals surface area contributed by atoms with Crippen LogP contribution in [0.4, 0.5) is 10.1 Å². The average molecular weight is 469 g/mol. The summed E-state index contributed by atoms with van der Waals surface area (Å²) in [4.78, 5) is 25.9. The molecule has 2 aromatic heterocycles. The Hall–Kier alpha value is -4.26. The quantitative estimate of drug-likeness (QED) is 0.368. The van der Waals surface area contributed by atoms with Crippen LogP contribution in [-0.4, -0.2) is 20.3 Å². The maximum Gasteiger partial charge on any atom is 0.274 e. The van der Waals surface area contributed by atoms with E-state index in [2.05, 4.69) is 10.4 Å². The molecule has 1 amide bonds. The number of hydrogen-bond donors (Lipinski definition) is 1. The molecule has 35 heavy (non-hydrogen) atoms. The summed E-state index contributed by atoms with van der Waals surface area (Å²) in [6.45, 7) is 4.30. The number of nitrogens with one attached hydrogen (secondary N) is 1. The van der Waals surface area contributed by atoms with Crippen molar-refractivity contribution in [3.8, 4) is 0 Å². The van der Waals surface area contributed by atoms with Crippen LogP contribution in [-0.2, 0) is 17.8 Å². The van der Waals surface area contributed by atoms with Gasteiger partial charge in [-0.1, -0.05) is 36.4 Å². The summed E-state index contributed by atoms with van der Waals surface area (Å²) in [6.07, 6.45) is 1.96. The lowest BCUT2D eigenvalue weighted by Crippen LogP contribution is -2.27. The van der Waals surface area contributed by atoms with Crippen LogP contribution < -0.4 is 10.9 Å². The van der Waals surface area contributed by atoms with Crippen molar-refractivity contribution >= 4 is 33.3 Å². The number of nitrogens with zero attached hydrogens (tertiary/aromatic N) is 3. The molecule has 0 aliphatic heterocycles.